The van der Waals surface area contributed by atoms with Crippen molar-refractivity contribution in [1.29, 1.82) is 0 Å². The molecule has 0 spiro atoms. The van der Waals surface area contributed by atoms with Gasteiger partial charge in [-0.3, -0.25) is 10.1 Å². The summed E-state index contributed by atoms with van der Waals surface area (Å²) in [6.07, 6.45) is -4.37. The molecule has 2 aromatic carbocycles. The van der Waals surface area contributed by atoms with E-state index < -0.39 is 11.7 Å². The number of nitrogens with zero attached hydrogens (tertiary/aromatic N) is 2. The Balaban J connectivity index is 1.61. The maximum absolute atomic E-state index is 12.7. The zero-order chi connectivity index (χ0) is 19.4. The summed E-state index contributed by atoms with van der Waals surface area (Å²) in [5, 5.41) is 11.2. The number of hydrogen-bond acceptors (Lipinski definition) is 5. The molecule has 1 aromatic heterocycles. The Morgan fingerprint density at radius 2 is 1.93 bits per heavy atom. The third kappa shape index (κ3) is 5.44. The Bertz CT molecular complexity index is 962. The Morgan fingerprint density at radius 1 is 1.15 bits per heavy atom. The van der Waals surface area contributed by atoms with Crippen LogP contribution in [-0.2, 0) is 11.9 Å². The first-order valence-corrected chi connectivity index (χ1v) is 9.68. The van der Waals surface area contributed by atoms with Gasteiger partial charge >= 0.3 is 6.18 Å². The molecule has 140 valence electrons. The van der Waals surface area contributed by atoms with Crippen LogP contribution in [0.1, 0.15) is 21.5 Å². The lowest BCUT2D eigenvalue weighted by molar-refractivity contribution is -0.137. The first-order chi connectivity index (χ1) is 12.8. The van der Waals surface area contributed by atoms with Crippen LogP contribution in [0.4, 0.5) is 18.3 Å². The minimum atomic E-state index is -4.37. The molecule has 0 aliphatic carbocycles. The lowest BCUT2D eigenvalue weighted by atomic mass is 10.1. The zero-order valence-electron chi connectivity index (χ0n) is 13.5. The van der Waals surface area contributed by atoms with Crippen molar-refractivity contribution in [2.45, 2.75) is 16.3 Å². The van der Waals surface area contributed by atoms with Gasteiger partial charge in [-0.1, -0.05) is 59.0 Å². The second-order valence-electron chi connectivity index (χ2n) is 5.32. The standard InChI is InChI=1S/C17H11ClF3N3OS2/c18-13-6-2-4-11(8-13)14(25)22-15-23-24-16(27-15)26-9-10-3-1-5-12(7-10)17(19,20)21/h1-8H,9H2,(H,22,23,25). The Labute approximate surface area is 165 Å². The van der Waals surface area contributed by atoms with Crippen molar-refractivity contribution in [2.75, 3.05) is 5.32 Å². The molecule has 0 aliphatic rings. The summed E-state index contributed by atoms with van der Waals surface area (Å²) in [6.45, 7) is 0. The van der Waals surface area contributed by atoms with E-state index >= 15 is 0 Å². The molecule has 0 unspecified atom stereocenters. The van der Waals surface area contributed by atoms with Gasteiger partial charge in [-0.2, -0.15) is 13.2 Å². The van der Waals surface area contributed by atoms with Gasteiger partial charge in [-0.15, -0.1) is 10.2 Å². The van der Waals surface area contributed by atoms with Gasteiger partial charge < -0.3 is 0 Å². The predicted octanol–water partition coefficient (Wildman–Crippen LogP) is 5.75. The molecule has 1 amide bonds. The fourth-order valence-corrected chi connectivity index (χ4v) is 3.98. The van der Waals surface area contributed by atoms with Crippen molar-refractivity contribution in [3.63, 3.8) is 0 Å². The third-order valence-electron chi connectivity index (χ3n) is 3.33. The van der Waals surface area contributed by atoms with E-state index in [0.29, 0.717) is 31.4 Å². The molecule has 27 heavy (non-hydrogen) atoms. The number of nitrogens with one attached hydrogen (secondary N) is 1. The number of aromatic nitrogens is 2. The van der Waals surface area contributed by atoms with E-state index in [1.807, 2.05) is 0 Å². The smallest absolute Gasteiger partial charge is 0.296 e. The summed E-state index contributed by atoms with van der Waals surface area (Å²) in [5.41, 5.74) is 0.220. The molecule has 1 heterocycles. The van der Waals surface area contributed by atoms with Crippen LogP contribution >= 0.6 is 34.7 Å². The third-order valence-corrected chi connectivity index (χ3v) is 5.61. The molecule has 3 aromatic rings. The summed E-state index contributed by atoms with van der Waals surface area (Å²) in [7, 11) is 0. The highest BCUT2D eigenvalue weighted by atomic mass is 35.5. The normalized spacial score (nSPS) is 11.4. The summed E-state index contributed by atoms with van der Waals surface area (Å²) in [4.78, 5) is 12.1. The molecular formula is C17H11ClF3N3OS2. The minimum absolute atomic E-state index is 0.298. The first kappa shape index (κ1) is 19.7. The number of alkyl halides is 3. The molecule has 0 atom stereocenters. The number of benzene rings is 2. The molecule has 1 N–H and O–H groups in total. The van der Waals surface area contributed by atoms with E-state index in [1.54, 1.807) is 24.3 Å². The summed E-state index contributed by atoms with van der Waals surface area (Å²) in [5.74, 6) is -0.0658. The largest absolute Gasteiger partial charge is 0.416 e. The quantitative estimate of drug-likeness (QED) is 0.414. The Kier molecular flexibility index (Phi) is 6.03. The van der Waals surface area contributed by atoms with Gasteiger partial charge in [-0.25, -0.2) is 0 Å². The second kappa shape index (κ2) is 8.28. The van der Waals surface area contributed by atoms with Crippen molar-refractivity contribution >= 4 is 45.7 Å². The Hall–Kier alpha value is -2.10. The van der Waals surface area contributed by atoms with Crippen LogP contribution in [0.3, 0.4) is 0 Å². The molecular weight excluding hydrogens is 419 g/mol. The molecule has 0 saturated carbocycles. The van der Waals surface area contributed by atoms with Crippen LogP contribution in [0.5, 0.6) is 0 Å². The van der Waals surface area contributed by atoms with Gasteiger partial charge in [0.1, 0.15) is 0 Å². The van der Waals surface area contributed by atoms with E-state index in [1.165, 1.54) is 23.9 Å². The second-order valence-corrected chi connectivity index (χ2v) is 7.96. The zero-order valence-corrected chi connectivity index (χ0v) is 15.8. The number of halogens is 4. The highest BCUT2D eigenvalue weighted by molar-refractivity contribution is 8.00. The predicted molar refractivity (Wildman–Crippen MR) is 100 cm³/mol. The molecule has 3 rings (SSSR count). The SMILES string of the molecule is O=C(Nc1nnc(SCc2cccc(C(F)(F)F)c2)s1)c1cccc(Cl)c1. The molecule has 0 saturated heterocycles. The van der Waals surface area contributed by atoms with Crippen molar-refractivity contribution < 1.29 is 18.0 Å². The van der Waals surface area contributed by atoms with Gasteiger partial charge in [0.15, 0.2) is 4.34 Å². The maximum atomic E-state index is 12.7. The van der Waals surface area contributed by atoms with Crippen LogP contribution in [0, 0.1) is 0 Å². The van der Waals surface area contributed by atoms with Crippen LogP contribution in [0.15, 0.2) is 52.9 Å². The molecule has 4 nitrogen and oxygen atoms in total. The average Bonchev–Trinajstić information content (AvgIpc) is 3.07. The fraction of sp³-hybridized carbons (Fsp3) is 0.118. The topological polar surface area (TPSA) is 54.9 Å². The highest BCUT2D eigenvalue weighted by Crippen LogP contribution is 2.32. The number of amides is 1. The van der Waals surface area contributed by atoms with Gasteiger partial charge in [0.25, 0.3) is 5.91 Å². The van der Waals surface area contributed by atoms with Crippen LogP contribution in [-0.4, -0.2) is 16.1 Å². The number of anilines is 1. The van der Waals surface area contributed by atoms with Crippen molar-refractivity contribution in [1.82, 2.24) is 10.2 Å². The van der Waals surface area contributed by atoms with E-state index in [2.05, 4.69) is 15.5 Å². The van der Waals surface area contributed by atoms with Crippen molar-refractivity contribution in [2.24, 2.45) is 0 Å². The summed E-state index contributed by atoms with van der Waals surface area (Å²) >= 11 is 8.24. The van der Waals surface area contributed by atoms with E-state index in [-0.39, 0.29) is 5.91 Å². The Morgan fingerprint density at radius 3 is 2.67 bits per heavy atom. The molecule has 0 radical (unpaired) electrons. The molecule has 10 heteroatoms. The monoisotopic (exact) mass is 429 g/mol. The van der Waals surface area contributed by atoms with Gasteiger partial charge in [0.05, 0.1) is 5.56 Å². The van der Waals surface area contributed by atoms with E-state index in [9.17, 15) is 18.0 Å². The number of rotatable bonds is 5. The van der Waals surface area contributed by atoms with Crippen LogP contribution < -0.4 is 5.32 Å². The van der Waals surface area contributed by atoms with Gasteiger partial charge in [0.2, 0.25) is 5.13 Å². The lowest BCUT2D eigenvalue weighted by Crippen LogP contribution is -2.11. The van der Waals surface area contributed by atoms with Crippen molar-refractivity contribution in [3.8, 4) is 0 Å². The highest BCUT2D eigenvalue weighted by Gasteiger charge is 2.30. The number of hydrogen-bond donors (Lipinski definition) is 1. The lowest BCUT2D eigenvalue weighted by Gasteiger charge is -2.07. The van der Waals surface area contributed by atoms with E-state index in [4.69, 9.17) is 11.6 Å². The van der Waals surface area contributed by atoms with Crippen LogP contribution in [0.25, 0.3) is 0 Å². The summed E-state index contributed by atoms with van der Waals surface area (Å²) < 4.78 is 38.8. The van der Waals surface area contributed by atoms with Gasteiger partial charge in [0, 0.05) is 16.3 Å². The number of thioether (sulfide) groups is 1. The molecule has 0 bridgehead atoms. The average molecular weight is 430 g/mol. The summed E-state index contributed by atoms with van der Waals surface area (Å²) in [6, 6.07) is 11.6. The fourth-order valence-electron chi connectivity index (χ4n) is 2.10. The number of carbonyl (C=O) groups is 1. The maximum Gasteiger partial charge on any atom is 0.416 e. The van der Waals surface area contributed by atoms with Crippen molar-refractivity contribution in [3.05, 3.63) is 70.2 Å². The number of carbonyl (C=O) groups excluding carboxylic acids is 1. The first-order valence-electron chi connectivity index (χ1n) is 7.50. The van der Waals surface area contributed by atoms with Gasteiger partial charge in [-0.05, 0) is 29.8 Å². The van der Waals surface area contributed by atoms with E-state index in [0.717, 1.165) is 23.5 Å². The molecule has 0 fully saturated rings. The molecule has 0 aliphatic heterocycles. The van der Waals surface area contributed by atoms with Crippen LogP contribution in [0.2, 0.25) is 5.02 Å². The minimum Gasteiger partial charge on any atom is -0.296 e.